The van der Waals surface area contributed by atoms with E-state index in [-0.39, 0.29) is 18.0 Å². The summed E-state index contributed by atoms with van der Waals surface area (Å²) in [7, 11) is 1.72. The standard InChI is InChI=1S/C24H24F4N4O3/c1-14(24(26,27)28)31(12-15-7-9-16(25)10-8-15)20(33)13-32-21(34)23(30-22(32)35)11-19(29-2)17-5-3-4-6-18(17)23/h3-10,14,19,29H,11-13H2,1-2H3,(H,30,35)/t14-,19?,23?/m0/s1. The topological polar surface area (TPSA) is 81.8 Å². The van der Waals surface area contributed by atoms with Gasteiger partial charge in [0.05, 0.1) is 0 Å². The molecule has 0 saturated carbocycles. The van der Waals surface area contributed by atoms with Crippen molar-refractivity contribution in [3.05, 3.63) is 71.0 Å². The molecule has 1 aliphatic heterocycles. The van der Waals surface area contributed by atoms with Gasteiger partial charge in [-0.3, -0.25) is 14.5 Å². The summed E-state index contributed by atoms with van der Waals surface area (Å²) in [5.74, 6) is -2.32. The van der Waals surface area contributed by atoms with Crippen molar-refractivity contribution >= 4 is 17.8 Å². The van der Waals surface area contributed by atoms with Gasteiger partial charge in [0.1, 0.15) is 23.9 Å². The summed E-state index contributed by atoms with van der Waals surface area (Å²) < 4.78 is 53.9. The van der Waals surface area contributed by atoms with E-state index in [0.29, 0.717) is 15.4 Å². The van der Waals surface area contributed by atoms with Crippen LogP contribution >= 0.6 is 0 Å². The highest BCUT2D eigenvalue weighted by atomic mass is 19.4. The Bertz CT molecular complexity index is 1150. The number of carbonyl (C=O) groups excluding carboxylic acids is 3. The molecule has 2 aromatic rings. The van der Waals surface area contributed by atoms with Crippen LogP contribution in [0.2, 0.25) is 0 Å². The molecule has 2 N–H and O–H groups in total. The molecule has 0 bridgehead atoms. The number of urea groups is 1. The molecule has 186 valence electrons. The number of nitrogens with zero attached hydrogens (tertiary/aromatic N) is 2. The Hall–Kier alpha value is -3.47. The fourth-order valence-corrected chi connectivity index (χ4v) is 4.69. The first kappa shape index (κ1) is 24.6. The van der Waals surface area contributed by atoms with Gasteiger partial charge in [0, 0.05) is 19.0 Å². The van der Waals surface area contributed by atoms with E-state index < -0.39 is 54.5 Å². The number of halogens is 4. The fraction of sp³-hybridized carbons (Fsp3) is 0.375. The highest BCUT2D eigenvalue weighted by molar-refractivity contribution is 6.10. The van der Waals surface area contributed by atoms with Crippen LogP contribution in [0.15, 0.2) is 48.5 Å². The second-order valence-corrected chi connectivity index (χ2v) is 8.73. The summed E-state index contributed by atoms with van der Waals surface area (Å²) in [5.41, 5.74) is 0.269. The number of rotatable bonds is 6. The van der Waals surface area contributed by atoms with Crippen LogP contribution in [0.1, 0.15) is 36.1 Å². The molecule has 0 radical (unpaired) electrons. The van der Waals surface area contributed by atoms with E-state index in [4.69, 9.17) is 0 Å². The third kappa shape index (κ3) is 4.36. The first-order valence-corrected chi connectivity index (χ1v) is 11.0. The zero-order valence-corrected chi connectivity index (χ0v) is 19.0. The lowest BCUT2D eigenvalue weighted by atomic mass is 9.91. The lowest BCUT2D eigenvalue weighted by Gasteiger charge is -2.32. The SMILES string of the molecule is CNC1CC2(NC(=O)N(CC(=O)N(Cc3ccc(F)cc3)[C@@H](C)C(F)(F)F)C2=O)c2ccccc21. The number of imide groups is 1. The second kappa shape index (κ2) is 8.95. The fourth-order valence-electron chi connectivity index (χ4n) is 4.69. The third-order valence-corrected chi connectivity index (χ3v) is 6.65. The lowest BCUT2D eigenvalue weighted by Crippen LogP contribution is -2.51. The van der Waals surface area contributed by atoms with E-state index in [9.17, 15) is 31.9 Å². The number of fused-ring (bicyclic) bond motifs is 2. The highest BCUT2D eigenvalue weighted by Gasteiger charge is 2.58. The van der Waals surface area contributed by atoms with Crippen molar-refractivity contribution < 1.29 is 31.9 Å². The van der Waals surface area contributed by atoms with E-state index in [1.807, 2.05) is 6.07 Å². The van der Waals surface area contributed by atoms with Crippen LogP contribution in [-0.4, -0.2) is 53.5 Å². The molecular weight excluding hydrogens is 468 g/mol. The Balaban J connectivity index is 1.60. The van der Waals surface area contributed by atoms with Crippen molar-refractivity contribution in [2.24, 2.45) is 0 Å². The molecular formula is C24H24F4N4O3. The van der Waals surface area contributed by atoms with Gasteiger partial charge >= 0.3 is 12.2 Å². The van der Waals surface area contributed by atoms with Crippen molar-refractivity contribution in [2.75, 3.05) is 13.6 Å². The van der Waals surface area contributed by atoms with Crippen LogP contribution < -0.4 is 10.6 Å². The van der Waals surface area contributed by atoms with Crippen molar-refractivity contribution in [2.45, 2.75) is 43.7 Å². The van der Waals surface area contributed by atoms with Gasteiger partial charge in [0.25, 0.3) is 5.91 Å². The van der Waals surface area contributed by atoms with Crippen molar-refractivity contribution in [1.82, 2.24) is 20.4 Å². The van der Waals surface area contributed by atoms with Crippen molar-refractivity contribution in [3.63, 3.8) is 0 Å². The first-order chi connectivity index (χ1) is 16.5. The zero-order valence-electron chi connectivity index (χ0n) is 19.0. The quantitative estimate of drug-likeness (QED) is 0.480. The summed E-state index contributed by atoms with van der Waals surface area (Å²) in [6.45, 7) is -0.515. The van der Waals surface area contributed by atoms with Gasteiger partial charge in [-0.2, -0.15) is 13.2 Å². The molecule has 1 heterocycles. The van der Waals surface area contributed by atoms with Gasteiger partial charge in [0.2, 0.25) is 5.91 Å². The van der Waals surface area contributed by atoms with Crippen LogP contribution in [-0.2, 0) is 21.7 Å². The van der Waals surface area contributed by atoms with Crippen LogP contribution in [0.4, 0.5) is 22.4 Å². The average molecular weight is 492 g/mol. The first-order valence-electron chi connectivity index (χ1n) is 11.0. The molecule has 35 heavy (non-hydrogen) atoms. The molecule has 4 rings (SSSR count). The van der Waals surface area contributed by atoms with Crippen molar-refractivity contribution in [3.8, 4) is 0 Å². The average Bonchev–Trinajstić information content (AvgIpc) is 3.26. The number of hydrogen-bond acceptors (Lipinski definition) is 4. The molecule has 2 aromatic carbocycles. The number of alkyl halides is 3. The minimum atomic E-state index is -4.75. The number of amides is 4. The molecule has 4 amide bonds. The van der Waals surface area contributed by atoms with Gasteiger partial charge in [-0.25, -0.2) is 9.18 Å². The molecule has 1 spiro atoms. The Morgan fingerprint density at radius 3 is 2.49 bits per heavy atom. The Labute approximate surface area is 199 Å². The summed E-state index contributed by atoms with van der Waals surface area (Å²) in [5, 5.41) is 5.77. The minimum Gasteiger partial charge on any atom is -0.325 e. The van der Waals surface area contributed by atoms with E-state index in [1.165, 1.54) is 12.1 Å². The molecule has 1 fully saturated rings. The smallest absolute Gasteiger partial charge is 0.325 e. The van der Waals surface area contributed by atoms with Crippen LogP contribution in [0.3, 0.4) is 0 Å². The predicted octanol–water partition coefficient (Wildman–Crippen LogP) is 3.22. The summed E-state index contributed by atoms with van der Waals surface area (Å²) in [6, 6.07) is 8.48. The van der Waals surface area contributed by atoms with Crippen LogP contribution in [0, 0.1) is 5.82 Å². The second-order valence-electron chi connectivity index (χ2n) is 8.73. The van der Waals surface area contributed by atoms with Crippen LogP contribution in [0.25, 0.3) is 0 Å². The summed E-state index contributed by atoms with van der Waals surface area (Å²) in [4.78, 5) is 40.6. The molecule has 0 aromatic heterocycles. The summed E-state index contributed by atoms with van der Waals surface area (Å²) in [6.07, 6.45) is -4.55. The van der Waals surface area contributed by atoms with Crippen LogP contribution in [0.5, 0.6) is 0 Å². The van der Waals surface area contributed by atoms with Gasteiger partial charge in [-0.15, -0.1) is 0 Å². The molecule has 1 saturated heterocycles. The normalized spacial score (nSPS) is 22.3. The molecule has 1 aliphatic carbocycles. The minimum absolute atomic E-state index is 0.205. The number of nitrogens with one attached hydrogen (secondary N) is 2. The van der Waals surface area contributed by atoms with E-state index >= 15 is 0 Å². The number of benzene rings is 2. The van der Waals surface area contributed by atoms with Gasteiger partial charge < -0.3 is 15.5 Å². The van der Waals surface area contributed by atoms with Gasteiger partial charge in [0.15, 0.2) is 0 Å². The third-order valence-electron chi connectivity index (χ3n) is 6.65. The zero-order chi connectivity index (χ0) is 25.5. The maximum absolute atomic E-state index is 13.6. The van der Waals surface area contributed by atoms with Gasteiger partial charge in [-0.05, 0) is 42.8 Å². The maximum Gasteiger partial charge on any atom is 0.408 e. The summed E-state index contributed by atoms with van der Waals surface area (Å²) >= 11 is 0. The van der Waals surface area contributed by atoms with Crippen molar-refractivity contribution in [1.29, 1.82) is 0 Å². The predicted molar refractivity (Wildman–Crippen MR) is 117 cm³/mol. The maximum atomic E-state index is 13.6. The van der Waals surface area contributed by atoms with Gasteiger partial charge in [-0.1, -0.05) is 36.4 Å². The number of carbonyl (C=O) groups is 3. The van der Waals surface area contributed by atoms with E-state index in [2.05, 4.69) is 10.6 Å². The Morgan fingerprint density at radius 1 is 1.20 bits per heavy atom. The highest BCUT2D eigenvalue weighted by Crippen LogP contribution is 2.46. The monoisotopic (exact) mass is 492 g/mol. The largest absolute Gasteiger partial charge is 0.408 e. The Kier molecular flexibility index (Phi) is 6.31. The van der Waals surface area contributed by atoms with E-state index in [1.54, 1.807) is 25.2 Å². The Morgan fingerprint density at radius 2 is 1.86 bits per heavy atom. The lowest BCUT2D eigenvalue weighted by molar-refractivity contribution is -0.187. The molecule has 2 unspecified atom stereocenters. The molecule has 3 atom stereocenters. The molecule has 2 aliphatic rings. The number of hydrogen-bond donors (Lipinski definition) is 2. The van der Waals surface area contributed by atoms with E-state index in [0.717, 1.165) is 24.6 Å². The molecule has 11 heteroatoms. The molecule has 7 nitrogen and oxygen atoms in total.